The third-order valence-corrected chi connectivity index (χ3v) is 4.57. The molecule has 1 aliphatic heterocycles. The summed E-state index contributed by atoms with van der Waals surface area (Å²) in [5, 5.41) is 4.96. The summed E-state index contributed by atoms with van der Waals surface area (Å²) in [4.78, 5) is 37.8. The summed E-state index contributed by atoms with van der Waals surface area (Å²) in [5.74, 6) is -0.981. The Morgan fingerprint density at radius 2 is 1.69 bits per heavy atom. The Bertz CT molecular complexity index is 1070. The topological polar surface area (TPSA) is 66.5 Å². The van der Waals surface area contributed by atoms with Crippen molar-refractivity contribution in [3.63, 3.8) is 0 Å². The SMILES string of the molecule is CN1C(=O)c2cccc(NC(=O)Cc3ccc4ccccc4c3)c2C1=O. The Hall–Kier alpha value is -3.47. The van der Waals surface area contributed by atoms with Crippen LogP contribution < -0.4 is 5.32 Å². The van der Waals surface area contributed by atoms with Crippen molar-refractivity contribution in [1.29, 1.82) is 0 Å². The van der Waals surface area contributed by atoms with Crippen molar-refractivity contribution in [3.05, 3.63) is 77.4 Å². The Morgan fingerprint density at radius 1 is 0.923 bits per heavy atom. The third-order valence-electron chi connectivity index (χ3n) is 4.57. The number of fused-ring (bicyclic) bond motifs is 2. The van der Waals surface area contributed by atoms with Gasteiger partial charge in [-0.1, -0.05) is 48.5 Å². The van der Waals surface area contributed by atoms with Crippen molar-refractivity contribution < 1.29 is 14.4 Å². The number of nitrogens with one attached hydrogen (secondary N) is 1. The zero-order valence-electron chi connectivity index (χ0n) is 14.2. The van der Waals surface area contributed by atoms with Crippen LogP contribution in [0, 0.1) is 0 Å². The molecule has 26 heavy (non-hydrogen) atoms. The number of nitrogens with zero attached hydrogens (tertiary/aromatic N) is 1. The van der Waals surface area contributed by atoms with Gasteiger partial charge >= 0.3 is 0 Å². The minimum atomic E-state index is -0.397. The molecule has 0 radical (unpaired) electrons. The second kappa shape index (κ2) is 6.11. The molecule has 0 saturated carbocycles. The van der Waals surface area contributed by atoms with Gasteiger partial charge in [0, 0.05) is 7.05 Å². The number of hydrogen-bond donors (Lipinski definition) is 1. The molecule has 128 valence electrons. The number of benzene rings is 3. The molecule has 0 bridgehead atoms. The van der Waals surface area contributed by atoms with Gasteiger partial charge in [-0.3, -0.25) is 19.3 Å². The second-order valence-electron chi connectivity index (χ2n) is 6.30. The highest BCUT2D eigenvalue weighted by Gasteiger charge is 2.35. The molecule has 5 nitrogen and oxygen atoms in total. The van der Waals surface area contributed by atoms with E-state index in [2.05, 4.69) is 5.32 Å². The Balaban J connectivity index is 1.58. The van der Waals surface area contributed by atoms with E-state index in [-0.39, 0.29) is 23.8 Å². The molecule has 1 aliphatic rings. The number of imide groups is 1. The van der Waals surface area contributed by atoms with Crippen molar-refractivity contribution in [1.82, 2.24) is 4.90 Å². The molecule has 0 atom stereocenters. The van der Waals surface area contributed by atoms with E-state index in [9.17, 15) is 14.4 Å². The molecule has 0 spiro atoms. The average molecular weight is 344 g/mol. The fraction of sp³-hybridized carbons (Fsp3) is 0.0952. The molecule has 0 fully saturated rings. The van der Waals surface area contributed by atoms with E-state index in [1.54, 1.807) is 18.2 Å². The lowest BCUT2D eigenvalue weighted by molar-refractivity contribution is -0.115. The molecule has 0 aliphatic carbocycles. The summed E-state index contributed by atoms with van der Waals surface area (Å²) >= 11 is 0. The van der Waals surface area contributed by atoms with Gasteiger partial charge in [-0.05, 0) is 28.5 Å². The molecular formula is C21H16N2O3. The average Bonchev–Trinajstić information content (AvgIpc) is 2.87. The number of hydrogen-bond acceptors (Lipinski definition) is 3. The van der Waals surface area contributed by atoms with E-state index >= 15 is 0 Å². The minimum Gasteiger partial charge on any atom is -0.325 e. The normalized spacial score (nSPS) is 13.2. The highest BCUT2D eigenvalue weighted by atomic mass is 16.2. The standard InChI is InChI=1S/C21H16N2O3/c1-23-20(25)16-7-4-8-17(19(16)21(23)26)22-18(24)12-13-9-10-14-5-2-3-6-15(14)11-13/h2-11H,12H2,1H3,(H,22,24). The van der Waals surface area contributed by atoms with Crippen LogP contribution in [0.5, 0.6) is 0 Å². The first-order chi connectivity index (χ1) is 12.5. The largest absolute Gasteiger partial charge is 0.325 e. The first kappa shape index (κ1) is 16.0. The molecule has 0 aromatic heterocycles. The van der Waals surface area contributed by atoms with E-state index in [1.165, 1.54) is 7.05 Å². The summed E-state index contributed by atoms with van der Waals surface area (Å²) in [5.41, 5.74) is 1.83. The van der Waals surface area contributed by atoms with Gasteiger partial charge < -0.3 is 5.32 Å². The number of rotatable bonds is 3. The lowest BCUT2D eigenvalue weighted by atomic mass is 10.0. The van der Waals surface area contributed by atoms with Crippen molar-refractivity contribution in [2.75, 3.05) is 12.4 Å². The van der Waals surface area contributed by atoms with E-state index in [0.717, 1.165) is 21.2 Å². The number of anilines is 1. The van der Waals surface area contributed by atoms with E-state index in [4.69, 9.17) is 0 Å². The second-order valence-corrected chi connectivity index (χ2v) is 6.30. The van der Waals surface area contributed by atoms with Gasteiger partial charge in [0.15, 0.2) is 0 Å². The van der Waals surface area contributed by atoms with Crippen LogP contribution >= 0.6 is 0 Å². The maximum absolute atomic E-state index is 12.5. The fourth-order valence-electron chi connectivity index (χ4n) is 3.23. The van der Waals surface area contributed by atoms with Crippen LogP contribution in [0.3, 0.4) is 0 Å². The quantitative estimate of drug-likeness (QED) is 0.742. The molecule has 5 heteroatoms. The van der Waals surface area contributed by atoms with Gasteiger partial charge in [-0.25, -0.2) is 0 Å². The van der Waals surface area contributed by atoms with Crippen LogP contribution in [0.25, 0.3) is 10.8 Å². The number of carbonyl (C=O) groups excluding carboxylic acids is 3. The zero-order valence-corrected chi connectivity index (χ0v) is 14.2. The lowest BCUT2D eigenvalue weighted by Crippen LogP contribution is -2.24. The Kier molecular flexibility index (Phi) is 3.77. The number of carbonyl (C=O) groups is 3. The highest BCUT2D eigenvalue weighted by Crippen LogP contribution is 2.28. The zero-order chi connectivity index (χ0) is 18.3. The first-order valence-electron chi connectivity index (χ1n) is 8.27. The Labute approximate surface area is 150 Å². The van der Waals surface area contributed by atoms with Crippen molar-refractivity contribution >= 4 is 34.2 Å². The van der Waals surface area contributed by atoms with Crippen molar-refractivity contribution in [3.8, 4) is 0 Å². The first-order valence-corrected chi connectivity index (χ1v) is 8.27. The van der Waals surface area contributed by atoms with Gasteiger partial charge in [-0.15, -0.1) is 0 Å². The summed E-state index contributed by atoms with van der Waals surface area (Å²) in [6.45, 7) is 0. The van der Waals surface area contributed by atoms with Gasteiger partial charge in [0.25, 0.3) is 11.8 Å². The number of amides is 3. The van der Waals surface area contributed by atoms with E-state index in [1.807, 2.05) is 42.5 Å². The molecule has 1 N–H and O–H groups in total. The molecule has 3 aromatic carbocycles. The molecule has 1 heterocycles. The van der Waals surface area contributed by atoms with Crippen LogP contribution in [0.2, 0.25) is 0 Å². The van der Waals surface area contributed by atoms with Crippen LogP contribution in [-0.2, 0) is 11.2 Å². The summed E-state index contributed by atoms with van der Waals surface area (Å²) in [6.07, 6.45) is 0.187. The van der Waals surface area contributed by atoms with Gasteiger partial charge in [0.2, 0.25) is 5.91 Å². The van der Waals surface area contributed by atoms with Crippen molar-refractivity contribution in [2.45, 2.75) is 6.42 Å². The summed E-state index contributed by atoms with van der Waals surface area (Å²) in [6, 6.07) is 18.7. The minimum absolute atomic E-state index is 0.187. The van der Waals surface area contributed by atoms with Crippen LogP contribution in [0.15, 0.2) is 60.7 Å². The predicted molar refractivity (Wildman–Crippen MR) is 99.1 cm³/mol. The highest BCUT2D eigenvalue weighted by molar-refractivity contribution is 6.24. The lowest BCUT2D eigenvalue weighted by Gasteiger charge is -2.09. The molecule has 3 aromatic rings. The maximum Gasteiger partial charge on any atom is 0.263 e. The van der Waals surface area contributed by atoms with E-state index < -0.39 is 5.91 Å². The molecule has 0 saturated heterocycles. The van der Waals surface area contributed by atoms with Crippen LogP contribution in [0.1, 0.15) is 26.3 Å². The predicted octanol–water partition coefficient (Wildman–Crippen LogP) is 3.25. The van der Waals surface area contributed by atoms with Crippen LogP contribution in [-0.4, -0.2) is 29.7 Å². The Morgan fingerprint density at radius 3 is 2.50 bits per heavy atom. The molecule has 0 unspecified atom stereocenters. The van der Waals surface area contributed by atoms with E-state index in [0.29, 0.717) is 11.3 Å². The van der Waals surface area contributed by atoms with Gasteiger partial charge in [-0.2, -0.15) is 0 Å². The van der Waals surface area contributed by atoms with Crippen LogP contribution in [0.4, 0.5) is 5.69 Å². The molecular weight excluding hydrogens is 328 g/mol. The third kappa shape index (κ3) is 2.63. The molecule has 4 rings (SSSR count). The van der Waals surface area contributed by atoms with Crippen molar-refractivity contribution in [2.24, 2.45) is 0 Å². The summed E-state index contributed by atoms with van der Waals surface area (Å²) in [7, 11) is 1.44. The monoisotopic (exact) mass is 344 g/mol. The fourth-order valence-corrected chi connectivity index (χ4v) is 3.23. The summed E-state index contributed by atoms with van der Waals surface area (Å²) < 4.78 is 0. The smallest absolute Gasteiger partial charge is 0.263 e. The molecule has 3 amide bonds. The maximum atomic E-state index is 12.5. The van der Waals surface area contributed by atoms with Gasteiger partial charge in [0.1, 0.15) is 0 Å². The van der Waals surface area contributed by atoms with Gasteiger partial charge in [0.05, 0.1) is 23.2 Å².